The van der Waals surface area contributed by atoms with E-state index in [1.165, 1.54) is 22.2 Å². The number of rotatable bonds is 4. The van der Waals surface area contributed by atoms with Crippen LogP contribution in [0.1, 0.15) is 20.8 Å². The summed E-state index contributed by atoms with van der Waals surface area (Å²) in [5, 5.41) is 2.40. The predicted octanol–water partition coefficient (Wildman–Crippen LogP) is 4.94. The summed E-state index contributed by atoms with van der Waals surface area (Å²) in [5.41, 5.74) is 1.74. The maximum Gasteiger partial charge on any atom is 0.174 e. The summed E-state index contributed by atoms with van der Waals surface area (Å²) in [6.45, 7) is 4.14. The van der Waals surface area contributed by atoms with Crippen LogP contribution < -0.4 is 0 Å². The molecule has 0 fully saturated rings. The van der Waals surface area contributed by atoms with Crippen molar-refractivity contribution in [2.24, 2.45) is 0 Å². The van der Waals surface area contributed by atoms with Crippen LogP contribution in [-0.4, -0.2) is 21.5 Å². The van der Waals surface area contributed by atoms with Crippen molar-refractivity contribution in [2.45, 2.75) is 18.9 Å². The number of thioether (sulfide) groups is 1. The lowest BCUT2D eigenvalue weighted by Crippen LogP contribution is -2.03. The van der Waals surface area contributed by atoms with Gasteiger partial charge in [-0.25, -0.2) is 9.97 Å². The first kappa shape index (κ1) is 15.5. The van der Waals surface area contributed by atoms with Crippen molar-refractivity contribution >= 4 is 50.7 Å². The number of ketones is 1. The summed E-state index contributed by atoms with van der Waals surface area (Å²) in [6.07, 6.45) is 1.56. The molecule has 2 heterocycles. The van der Waals surface area contributed by atoms with Crippen molar-refractivity contribution in [1.82, 2.24) is 9.97 Å². The molecule has 0 radical (unpaired) electrons. The van der Waals surface area contributed by atoms with Crippen LogP contribution in [0.2, 0.25) is 5.02 Å². The van der Waals surface area contributed by atoms with Gasteiger partial charge < -0.3 is 0 Å². The molecule has 0 atom stereocenters. The number of hydrogen-bond acceptors (Lipinski definition) is 5. The molecule has 0 aliphatic carbocycles. The van der Waals surface area contributed by atoms with Gasteiger partial charge in [0.15, 0.2) is 5.78 Å². The van der Waals surface area contributed by atoms with Crippen LogP contribution in [0.5, 0.6) is 0 Å². The minimum Gasteiger partial charge on any atom is -0.293 e. The molecule has 3 rings (SSSR count). The van der Waals surface area contributed by atoms with E-state index < -0.39 is 0 Å². The summed E-state index contributed by atoms with van der Waals surface area (Å²) in [6, 6.07) is 7.12. The van der Waals surface area contributed by atoms with Crippen LogP contribution in [0.25, 0.3) is 10.2 Å². The molecule has 22 heavy (non-hydrogen) atoms. The van der Waals surface area contributed by atoms with E-state index in [4.69, 9.17) is 11.6 Å². The Morgan fingerprint density at radius 3 is 2.82 bits per heavy atom. The van der Waals surface area contributed by atoms with Crippen molar-refractivity contribution in [3.05, 3.63) is 51.6 Å². The first-order valence-corrected chi connectivity index (χ1v) is 8.87. The van der Waals surface area contributed by atoms with Crippen LogP contribution in [0, 0.1) is 13.8 Å². The topological polar surface area (TPSA) is 42.9 Å². The Kier molecular flexibility index (Phi) is 4.47. The van der Waals surface area contributed by atoms with Crippen molar-refractivity contribution in [3.63, 3.8) is 0 Å². The third-order valence-electron chi connectivity index (χ3n) is 3.44. The highest BCUT2D eigenvalue weighted by molar-refractivity contribution is 8.00. The van der Waals surface area contributed by atoms with Gasteiger partial charge >= 0.3 is 0 Å². The zero-order chi connectivity index (χ0) is 15.7. The van der Waals surface area contributed by atoms with Crippen LogP contribution >= 0.6 is 34.7 Å². The lowest BCUT2D eigenvalue weighted by molar-refractivity contribution is 0.102. The Morgan fingerprint density at radius 1 is 1.27 bits per heavy atom. The number of benzene rings is 1. The van der Waals surface area contributed by atoms with Crippen LogP contribution in [0.3, 0.4) is 0 Å². The zero-order valence-corrected chi connectivity index (χ0v) is 14.5. The monoisotopic (exact) mass is 348 g/mol. The fourth-order valence-corrected chi connectivity index (χ4v) is 4.40. The van der Waals surface area contributed by atoms with Crippen molar-refractivity contribution in [2.75, 3.05) is 5.75 Å². The lowest BCUT2D eigenvalue weighted by Gasteiger charge is -2.04. The van der Waals surface area contributed by atoms with E-state index in [9.17, 15) is 4.79 Å². The van der Waals surface area contributed by atoms with Gasteiger partial charge in [0.1, 0.15) is 16.2 Å². The Hall–Kier alpha value is -1.43. The minimum absolute atomic E-state index is 0.00645. The molecule has 6 heteroatoms. The average molecular weight is 349 g/mol. The summed E-state index contributed by atoms with van der Waals surface area (Å²) >= 11 is 9.16. The summed E-state index contributed by atoms with van der Waals surface area (Å²) in [5.74, 6) is 0.316. The number of fused-ring (bicyclic) bond motifs is 1. The second-order valence-corrected chi connectivity index (χ2v) is 7.41. The second-order valence-electron chi connectivity index (χ2n) is 4.83. The molecule has 0 aliphatic heterocycles. The van der Waals surface area contributed by atoms with Gasteiger partial charge in [0.2, 0.25) is 0 Å². The number of carbonyl (C=O) groups is 1. The summed E-state index contributed by atoms with van der Waals surface area (Å²) in [7, 11) is 0. The van der Waals surface area contributed by atoms with E-state index in [1.54, 1.807) is 29.8 Å². The highest BCUT2D eigenvalue weighted by Gasteiger charge is 2.15. The molecule has 0 aliphatic rings. The van der Waals surface area contributed by atoms with E-state index in [0.717, 1.165) is 15.2 Å². The van der Waals surface area contributed by atoms with Gasteiger partial charge in [-0.3, -0.25) is 4.79 Å². The molecule has 0 saturated carbocycles. The van der Waals surface area contributed by atoms with Crippen LogP contribution in [-0.2, 0) is 0 Å². The predicted molar refractivity (Wildman–Crippen MR) is 93.4 cm³/mol. The first-order valence-electron chi connectivity index (χ1n) is 6.69. The molecule has 0 amide bonds. The molecule has 0 spiro atoms. The molecule has 3 nitrogen and oxygen atoms in total. The fraction of sp³-hybridized carbons (Fsp3) is 0.188. The van der Waals surface area contributed by atoms with Gasteiger partial charge in [-0.15, -0.1) is 11.3 Å². The van der Waals surface area contributed by atoms with Gasteiger partial charge in [-0.2, -0.15) is 0 Å². The highest BCUT2D eigenvalue weighted by Crippen LogP contribution is 2.34. The lowest BCUT2D eigenvalue weighted by atomic mass is 10.1. The standard InChI is InChI=1S/C16H13ClN2OS2/c1-9-10(2)22-16-14(9)15(18-8-19-16)21-7-13(20)11-5-3-4-6-12(11)17/h3-6,8H,7H2,1-2H3. The second kappa shape index (κ2) is 6.36. The number of aromatic nitrogens is 2. The van der Waals surface area contributed by atoms with E-state index in [0.29, 0.717) is 16.3 Å². The number of thiophene rings is 1. The third kappa shape index (κ3) is 2.89. The summed E-state index contributed by atoms with van der Waals surface area (Å²) < 4.78 is 0. The molecule has 3 aromatic rings. The Balaban J connectivity index is 1.86. The maximum absolute atomic E-state index is 12.3. The number of aryl methyl sites for hydroxylation is 2. The van der Waals surface area contributed by atoms with Crippen LogP contribution in [0.15, 0.2) is 35.6 Å². The van der Waals surface area contributed by atoms with Crippen LogP contribution in [0.4, 0.5) is 0 Å². The third-order valence-corrected chi connectivity index (χ3v) is 5.88. The normalized spacial score (nSPS) is 11.0. The molecule has 112 valence electrons. The molecule has 0 N–H and O–H groups in total. The minimum atomic E-state index is 0.00645. The van der Waals surface area contributed by atoms with Gasteiger partial charge in [0.25, 0.3) is 0 Å². The number of halogens is 1. The Bertz CT molecular complexity index is 860. The Labute approximate surface area is 141 Å². The van der Waals surface area contributed by atoms with E-state index >= 15 is 0 Å². The molecule has 2 aromatic heterocycles. The van der Waals surface area contributed by atoms with E-state index in [2.05, 4.69) is 23.8 Å². The van der Waals surface area contributed by atoms with Gasteiger partial charge in [0.05, 0.1) is 10.8 Å². The highest BCUT2D eigenvalue weighted by atomic mass is 35.5. The van der Waals surface area contributed by atoms with Gasteiger partial charge in [-0.05, 0) is 31.5 Å². The number of nitrogens with zero attached hydrogens (tertiary/aromatic N) is 2. The van der Waals surface area contributed by atoms with E-state index in [-0.39, 0.29) is 5.78 Å². The average Bonchev–Trinajstić information content (AvgIpc) is 2.81. The van der Waals surface area contributed by atoms with Crippen molar-refractivity contribution < 1.29 is 4.79 Å². The summed E-state index contributed by atoms with van der Waals surface area (Å²) in [4.78, 5) is 23.2. The molecule has 0 unspecified atom stereocenters. The molecular weight excluding hydrogens is 336 g/mol. The molecular formula is C16H13ClN2OS2. The Morgan fingerprint density at radius 2 is 2.05 bits per heavy atom. The SMILES string of the molecule is Cc1sc2ncnc(SCC(=O)c3ccccc3Cl)c2c1C. The first-order chi connectivity index (χ1) is 10.6. The largest absolute Gasteiger partial charge is 0.293 e. The number of Topliss-reactive ketones (excluding diaryl/α,β-unsaturated/α-hetero) is 1. The zero-order valence-electron chi connectivity index (χ0n) is 12.1. The van der Waals surface area contributed by atoms with Crippen molar-refractivity contribution in [1.29, 1.82) is 0 Å². The maximum atomic E-state index is 12.3. The molecule has 1 aromatic carbocycles. The fourth-order valence-electron chi connectivity index (χ4n) is 2.16. The smallest absolute Gasteiger partial charge is 0.174 e. The van der Waals surface area contributed by atoms with Gasteiger partial charge in [0, 0.05) is 15.8 Å². The van der Waals surface area contributed by atoms with Gasteiger partial charge in [-0.1, -0.05) is 35.5 Å². The number of carbonyl (C=O) groups excluding carboxylic acids is 1. The molecule has 0 saturated heterocycles. The van der Waals surface area contributed by atoms with Crippen molar-refractivity contribution in [3.8, 4) is 0 Å². The molecule has 0 bridgehead atoms. The number of hydrogen-bond donors (Lipinski definition) is 0. The van der Waals surface area contributed by atoms with E-state index in [1.807, 2.05) is 12.1 Å². The quantitative estimate of drug-likeness (QED) is 0.380.